The molecule has 2 rings (SSSR count). The minimum Gasteiger partial charge on any atom is -0.395 e. The normalized spacial score (nSPS) is 16.8. The number of aldehydes is 1. The average Bonchev–Trinajstić information content (AvgIpc) is 2.36. The summed E-state index contributed by atoms with van der Waals surface area (Å²) < 4.78 is 33.5. The Balaban J connectivity index is 2.49. The number of halogens is 2. The van der Waals surface area contributed by atoms with Crippen molar-refractivity contribution in [2.24, 2.45) is 0 Å². The Morgan fingerprint density at radius 2 is 1.86 bits per heavy atom. The van der Waals surface area contributed by atoms with Crippen molar-refractivity contribution in [1.29, 1.82) is 0 Å². The molecule has 0 N–H and O–H groups in total. The predicted molar refractivity (Wildman–Crippen MR) is 42.8 cm³/mol. The van der Waals surface area contributed by atoms with Crippen LogP contribution in [-0.4, -0.2) is 12.6 Å². The highest BCUT2D eigenvalue weighted by molar-refractivity contribution is 5.79. The van der Waals surface area contributed by atoms with Crippen LogP contribution in [0.3, 0.4) is 0 Å². The van der Waals surface area contributed by atoms with E-state index < -0.39 is 6.29 Å². The lowest BCUT2D eigenvalue weighted by molar-refractivity contribution is -0.286. The molecular weight excluding hydrogens is 194 g/mol. The molecule has 0 aromatic heterocycles. The van der Waals surface area contributed by atoms with Gasteiger partial charge in [0.2, 0.25) is 0 Å². The lowest BCUT2D eigenvalue weighted by atomic mass is 10.1. The van der Waals surface area contributed by atoms with Gasteiger partial charge in [0, 0.05) is 5.56 Å². The summed E-state index contributed by atoms with van der Waals surface area (Å²) in [5.74, 6) is -0.152. The molecule has 0 amide bonds. The van der Waals surface area contributed by atoms with Crippen LogP contribution in [0, 0.1) is 6.92 Å². The van der Waals surface area contributed by atoms with E-state index in [0.717, 1.165) is 0 Å². The van der Waals surface area contributed by atoms with Gasteiger partial charge in [0.1, 0.15) is 6.29 Å². The van der Waals surface area contributed by atoms with E-state index in [0.29, 0.717) is 17.4 Å². The number of fused-ring (bicyclic) bond motifs is 1. The zero-order valence-electron chi connectivity index (χ0n) is 7.21. The highest BCUT2D eigenvalue weighted by Crippen LogP contribution is 2.41. The Hall–Kier alpha value is -1.65. The molecule has 74 valence electrons. The molecule has 0 radical (unpaired) electrons. The fraction of sp³-hybridized carbons (Fsp3) is 0.222. The SMILES string of the molecule is Cc1cc2c(cc1C=O)OC(F)(F)O2. The second kappa shape index (κ2) is 2.67. The van der Waals surface area contributed by atoms with Crippen molar-refractivity contribution in [3.05, 3.63) is 23.3 Å². The lowest BCUT2D eigenvalue weighted by Gasteiger charge is -2.04. The number of ether oxygens (including phenoxy) is 2. The maximum atomic E-state index is 12.6. The van der Waals surface area contributed by atoms with Crippen LogP contribution in [0.2, 0.25) is 0 Å². The Morgan fingerprint density at radius 1 is 1.29 bits per heavy atom. The first kappa shape index (κ1) is 8.93. The number of alkyl halides is 2. The average molecular weight is 200 g/mol. The van der Waals surface area contributed by atoms with E-state index in [-0.39, 0.29) is 11.5 Å². The van der Waals surface area contributed by atoms with E-state index >= 15 is 0 Å². The van der Waals surface area contributed by atoms with Crippen LogP contribution in [0.25, 0.3) is 0 Å². The van der Waals surface area contributed by atoms with Crippen molar-refractivity contribution < 1.29 is 23.0 Å². The number of carbonyl (C=O) groups excluding carboxylic acids is 1. The van der Waals surface area contributed by atoms with Gasteiger partial charge in [-0.1, -0.05) is 0 Å². The van der Waals surface area contributed by atoms with Crippen LogP contribution in [0.5, 0.6) is 11.5 Å². The summed E-state index contributed by atoms with van der Waals surface area (Å²) in [5, 5.41) is 0. The first-order chi connectivity index (χ1) is 6.52. The van der Waals surface area contributed by atoms with Gasteiger partial charge >= 0.3 is 6.29 Å². The van der Waals surface area contributed by atoms with E-state index in [1.807, 2.05) is 0 Å². The lowest BCUT2D eigenvalue weighted by Crippen LogP contribution is -2.25. The Morgan fingerprint density at radius 3 is 2.43 bits per heavy atom. The molecule has 1 aromatic rings. The second-order valence-corrected chi connectivity index (χ2v) is 2.94. The van der Waals surface area contributed by atoms with Crippen molar-refractivity contribution in [2.45, 2.75) is 13.2 Å². The Labute approximate surface area is 78.2 Å². The largest absolute Gasteiger partial charge is 0.586 e. The Bertz CT molecular complexity index is 401. The third-order valence-corrected chi connectivity index (χ3v) is 1.92. The molecule has 0 atom stereocenters. The van der Waals surface area contributed by atoms with Gasteiger partial charge in [-0.25, -0.2) is 0 Å². The molecular formula is C9H6F2O3. The summed E-state index contributed by atoms with van der Waals surface area (Å²) in [7, 11) is 0. The predicted octanol–water partition coefficient (Wildman–Crippen LogP) is 2.13. The van der Waals surface area contributed by atoms with Crippen LogP contribution >= 0.6 is 0 Å². The fourth-order valence-electron chi connectivity index (χ4n) is 1.24. The molecule has 1 aliphatic rings. The highest BCUT2D eigenvalue weighted by atomic mass is 19.3. The smallest absolute Gasteiger partial charge is 0.395 e. The molecule has 0 aliphatic carbocycles. The number of benzene rings is 1. The molecule has 0 unspecified atom stereocenters. The van der Waals surface area contributed by atoms with E-state index in [1.165, 1.54) is 12.1 Å². The molecule has 0 bridgehead atoms. The molecule has 3 nitrogen and oxygen atoms in total. The standard InChI is InChI=1S/C9H6F2O3/c1-5-2-7-8(3-6(5)4-12)14-9(10,11)13-7/h2-4H,1H3. The van der Waals surface area contributed by atoms with Gasteiger partial charge in [-0.05, 0) is 24.6 Å². The number of aryl methyl sites for hydroxylation is 1. The number of carbonyl (C=O) groups is 1. The van der Waals surface area contributed by atoms with Crippen molar-refractivity contribution in [3.63, 3.8) is 0 Å². The van der Waals surface area contributed by atoms with Crippen molar-refractivity contribution in [1.82, 2.24) is 0 Å². The van der Waals surface area contributed by atoms with E-state index in [1.54, 1.807) is 6.92 Å². The fourth-order valence-corrected chi connectivity index (χ4v) is 1.24. The van der Waals surface area contributed by atoms with Crippen molar-refractivity contribution in [3.8, 4) is 11.5 Å². The van der Waals surface area contributed by atoms with Gasteiger partial charge in [-0.3, -0.25) is 4.79 Å². The zero-order chi connectivity index (χ0) is 10.3. The van der Waals surface area contributed by atoms with Crippen LogP contribution in [-0.2, 0) is 0 Å². The van der Waals surface area contributed by atoms with Gasteiger partial charge in [0.25, 0.3) is 0 Å². The molecule has 0 spiro atoms. The second-order valence-electron chi connectivity index (χ2n) is 2.94. The monoisotopic (exact) mass is 200 g/mol. The summed E-state index contributed by atoms with van der Waals surface area (Å²) in [6.45, 7) is 1.63. The maximum absolute atomic E-state index is 12.6. The number of hydrogen-bond donors (Lipinski definition) is 0. The molecule has 0 fully saturated rings. The van der Waals surface area contributed by atoms with Crippen molar-refractivity contribution in [2.75, 3.05) is 0 Å². The summed E-state index contributed by atoms with van der Waals surface area (Å²) >= 11 is 0. The third kappa shape index (κ3) is 1.30. The van der Waals surface area contributed by atoms with Gasteiger partial charge in [-0.15, -0.1) is 8.78 Å². The molecule has 1 heterocycles. The van der Waals surface area contributed by atoms with Crippen LogP contribution in [0.15, 0.2) is 12.1 Å². The van der Waals surface area contributed by atoms with Crippen LogP contribution in [0.4, 0.5) is 8.78 Å². The van der Waals surface area contributed by atoms with Gasteiger partial charge in [0.05, 0.1) is 0 Å². The van der Waals surface area contributed by atoms with Crippen LogP contribution < -0.4 is 9.47 Å². The van der Waals surface area contributed by atoms with Gasteiger partial charge < -0.3 is 9.47 Å². The molecule has 5 heteroatoms. The third-order valence-electron chi connectivity index (χ3n) is 1.92. The molecule has 0 saturated carbocycles. The topological polar surface area (TPSA) is 35.5 Å². The summed E-state index contributed by atoms with van der Waals surface area (Å²) in [4.78, 5) is 10.5. The number of hydrogen-bond acceptors (Lipinski definition) is 3. The minimum absolute atomic E-state index is 0.0434. The first-order valence-corrected chi connectivity index (χ1v) is 3.87. The van der Waals surface area contributed by atoms with E-state index in [9.17, 15) is 13.6 Å². The Kier molecular flexibility index (Phi) is 1.70. The number of rotatable bonds is 1. The molecule has 1 aliphatic heterocycles. The zero-order valence-corrected chi connectivity index (χ0v) is 7.21. The summed E-state index contributed by atoms with van der Waals surface area (Å²) in [6, 6.07) is 2.58. The first-order valence-electron chi connectivity index (χ1n) is 3.87. The minimum atomic E-state index is -3.63. The van der Waals surface area contributed by atoms with Gasteiger partial charge in [-0.2, -0.15) is 0 Å². The van der Waals surface area contributed by atoms with Crippen LogP contribution in [0.1, 0.15) is 15.9 Å². The van der Waals surface area contributed by atoms with Gasteiger partial charge in [0.15, 0.2) is 11.5 Å². The van der Waals surface area contributed by atoms with E-state index in [2.05, 4.69) is 9.47 Å². The van der Waals surface area contributed by atoms with E-state index in [4.69, 9.17) is 0 Å². The quantitative estimate of drug-likeness (QED) is 0.651. The van der Waals surface area contributed by atoms with Crippen molar-refractivity contribution >= 4 is 6.29 Å². The molecule has 0 saturated heterocycles. The summed E-state index contributed by atoms with van der Waals surface area (Å²) in [5.41, 5.74) is 0.880. The maximum Gasteiger partial charge on any atom is 0.586 e. The highest BCUT2D eigenvalue weighted by Gasteiger charge is 2.43. The summed E-state index contributed by atoms with van der Waals surface area (Å²) in [6.07, 6.45) is -3.05. The molecule has 1 aromatic carbocycles. The molecule has 14 heavy (non-hydrogen) atoms.